The van der Waals surface area contributed by atoms with E-state index in [1.165, 1.54) is 19.6 Å². The second kappa shape index (κ2) is 5.58. The molecule has 0 aromatic carbocycles. The van der Waals surface area contributed by atoms with E-state index in [2.05, 4.69) is 24.1 Å². The van der Waals surface area contributed by atoms with Crippen LogP contribution >= 0.6 is 0 Å². The first-order valence-corrected chi connectivity index (χ1v) is 5.19. The highest BCUT2D eigenvalue weighted by atomic mass is 16.5. The zero-order valence-corrected chi connectivity index (χ0v) is 9.05. The quantitative estimate of drug-likeness (QED) is 0.654. The maximum Gasteiger partial charge on any atom is 0.0474 e. The van der Waals surface area contributed by atoms with Crippen molar-refractivity contribution in [1.82, 2.24) is 10.2 Å². The molecule has 1 saturated heterocycles. The molecule has 3 nitrogen and oxygen atoms in total. The fourth-order valence-electron chi connectivity index (χ4n) is 2.06. The van der Waals surface area contributed by atoms with E-state index < -0.39 is 0 Å². The molecule has 2 atom stereocenters. The zero-order valence-electron chi connectivity index (χ0n) is 9.05. The SMILES string of the molecule is COCCCN1CC(C)NC(C)C1. The van der Waals surface area contributed by atoms with Gasteiger partial charge in [0.2, 0.25) is 0 Å². The lowest BCUT2D eigenvalue weighted by Crippen LogP contribution is -2.54. The summed E-state index contributed by atoms with van der Waals surface area (Å²) < 4.78 is 5.04. The van der Waals surface area contributed by atoms with Crippen LogP contribution in [0.4, 0.5) is 0 Å². The number of hydrogen-bond acceptors (Lipinski definition) is 3. The third-order valence-corrected chi connectivity index (χ3v) is 2.46. The molecule has 2 unspecified atom stereocenters. The topological polar surface area (TPSA) is 24.5 Å². The molecular formula is C10H22N2O. The second-order valence-corrected chi connectivity index (χ2v) is 4.07. The standard InChI is InChI=1S/C10H22N2O/c1-9-7-12(5-4-6-13-3)8-10(2)11-9/h9-11H,4-8H2,1-3H3. The summed E-state index contributed by atoms with van der Waals surface area (Å²) in [5, 5.41) is 3.53. The highest BCUT2D eigenvalue weighted by Crippen LogP contribution is 2.04. The van der Waals surface area contributed by atoms with Crippen molar-refractivity contribution in [2.24, 2.45) is 0 Å². The van der Waals surface area contributed by atoms with Crippen LogP contribution in [0.5, 0.6) is 0 Å². The van der Waals surface area contributed by atoms with Gasteiger partial charge >= 0.3 is 0 Å². The molecule has 0 aliphatic carbocycles. The third kappa shape index (κ3) is 4.07. The van der Waals surface area contributed by atoms with Crippen LogP contribution in [0.2, 0.25) is 0 Å². The molecule has 13 heavy (non-hydrogen) atoms. The van der Waals surface area contributed by atoms with Gasteiger partial charge in [-0.1, -0.05) is 0 Å². The minimum absolute atomic E-state index is 0.631. The van der Waals surface area contributed by atoms with Crippen LogP contribution in [-0.4, -0.2) is 50.3 Å². The van der Waals surface area contributed by atoms with E-state index >= 15 is 0 Å². The average molecular weight is 186 g/mol. The lowest BCUT2D eigenvalue weighted by atomic mass is 10.1. The molecule has 0 aromatic heterocycles. The van der Waals surface area contributed by atoms with E-state index in [0.717, 1.165) is 13.0 Å². The van der Waals surface area contributed by atoms with Crippen LogP contribution in [0.1, 0.15) is 20.3 Å². The minimum Gasteiger partial charge on any atom is -0.385 e. The third-order valence-electron chi connectivity index (χ3n) is 2.46. The predicted octanol–water partition coefficient (Wildman–Crippen LogP) is 0.705. The van der Waals surface area contributed by atoms with E-state index in [4.69, 9.17) is 4.74 Å². The van der Waals surface area contributed by atoms with Crippen LogP contribution in [0.25, 0.3) is 0 Å². The number of hydrogen-bond donors (Lipinski definition) is 1. The van der Waals surface area contributed by atoms with Crippen molar-refractivity contribution >= 4 is 0 Å². The Balaban J connectivity index is 2.17. The fourth-order valence-corrected chi connectivity index (χ4v) is 2.06. The smallest absolute Gasteiger partial charge is 0.0474 e. The van der Waals surface area contributed by atoms with Crippen LogP contribution < -0.4 is 5.32 Å². The summed E-state index contributed by atoms with van der Waals surface area (Å²) in [6.07, 6.45) is 1.15. The van der Waals surface area contributed by atoms with Gasteiger partial charge in [-0.05, 0) is 20.3 Å². The predicted molar refractivity (Wildman–Crippen MR) is 55.0 cm³/mol. The Labute approximate surface area is 81.4 Å². The van der Waals surface area contributed by atoms with E-state index in [1.807, 2.05) is 0 Å². The molecule has 0 amide bonds. The van der Waals surface area contributed by atoms with E-state index in [-0.39, 0.29) is 0 Å². The summed E-state index contributed by atoms with van der Waals surface area (Å²) >= 11 is 0. The molecule has 1 rings (SSSR count). The van der Waals surface area contributed by atoms with Gasteiger partial charge in [0.15, 0.2) is 0 Å². The van der Waals surface area contributed by atoms with Crippen molar-refractivity contribution in [2.75, 3.05) is 33.4 Å². The number of nitrogens with zero attached hydrogens (tertiary/aromatic N) is 1. The molecule has 0 bridgehead atoms. The Morgan fingerprint density at radius 2 is 1.92 bits per heavy atom. The summed E-state index contributed by atoms with van der Waals surface area (Å²) in [6.45, 7) is 8.90. The summed E-state index contributed by atoms with van der Waals surface area (Å²) in [5.41, 5.74) is 0. The molecule has 0 saturated carbocycles. The Bertz CT molecular complexity index is 131. The first kappa shape index (κ1) is 11.0. The van der Waals surface area contributed by atoms with Crippen molar-refractivity contribution in [2.45, 2.75) is 32.4 Å². The molecule has 0 spiro atoms. The van der Waals surface area contributed by atoms with Gasteiger partial charge < -0.3 is 15.0 Å². The molecule has 1 aliphatic heterocycles. The van der Waals surface area contributed by atoms with Gasteiger partial charge in [-0.3, -0.25) is 0 Å². The lowest BCUT2D eigenvalue weighted by molar-refractivity contribution is 0.141. The lowest BCUT2D eigenvalue weighted by Gasteiger charge is -2.36. The molecule has 1 N–H and O–H groups in total. The first-order valence-electron chi connectivity index (χ1n) is 5.19. The van der Waals surface area contributed by atoms with Crippen molar-refractivity contribution in [3.05, 3.63) is 0 Å². The van der Waals surface area contributed by atoms with Gasteiger partial charge in [0.25, 0.3) is 0 Å². The van der Waals surface area contributed by atoms with Gasteiger partial charge in [0, 0.05) is 45.4 Å². The Morgan fingerprint density at radius 1 is 1.31 bits per heavy atom. The molecular weight excluding hydrogens is 164 g/mol. The molecule has 3 heteroatoms. The summed E-state index contributed by atoms with van der Waals surface area (Å²) in [6, 6.07) is 1.26. The monoisotopic (exact) mass is 186 g/mol. The molecule has 1 fully saturated rings. The maximum absolute atomic E-state index is 5.04. The van der Waals surface area contributed by atoms with Gasteiger partial charge in [0.05, 0.1) is 0 Å². The number of methoxy groups -OCH3 is 1. The van der Waals surface area contributed by atoms with Crippen LogP contribution in [-0.2, 0) is 4.74 Å². The number of piperazine rings is 1. The van der Waals surface area contributed by atoms with Crippen molar-refractivity contribution < 1.29 is 4.74 Å². The largest absolute Gasteiger partial charge is 0.385 e. The number of ether oxygens (including phenoxy) is 1. The van der Waals surface area contributed by atoms with E-state index in [0.29, 0.717) is 12.1 Å². The van der Waals surface area contributed by atoms with Crippen molar-refractivity contribution in [3.8, 4) is 0 Å². The number of nitrogens with one attached hydrogen (secondary N) is 1. The number of rotatable bonds is 4. The van der Waals surface area contributed by atoms with Gasteiger partial charge in [-0.25, -0.2) is 0 Å². The zero-order chi connectivity index (χ0) is 9.68. The highest BCUT2D eigenvalue weighted by Gasteiger charge is 2.19. The van der Waals surface area contributed by atoms with Crippen LogP contribution in [0.15, 0.2) is 0 Å². The first-order chi connectivity index (χ1) is 6.22. The van der Waals surface area contributed by atoms with Crippen LogP contribution in [0.3, 0.4) is 0 Å². The Morgan fingerprint density at radius 3 is 2.46 bits per heavy atom. The average Bonchev–Trinajstić information content (AvgIpc) is 2.03. The highest BCUT2D eigenvalue weighted by molar-refractivity contribution is 4.80. The van der Waals surface area contributed by atoms with Gasteiger partial charge in [0.1, 0.15) is 0 Å². The molecule has 78 valence electrons. The Hall–Kier alpha value is -0.120. The molecule has 0 radical (unpaired) electrons. The summed E-state index contributed by atoms with van der Waals surface area (Å²) in [5.74, 6) is 0. The van der Waals surface area contributed by atoms with Crippen LogP contribution in [0, 0.1) is 0 Å². The van der Waals surface area contributed by atoms with Gasteiger partial charge in [-0.15, -0.1) is 0 Å². The van der Waals surface area contributed by atoms with E-state index in [1.54, 1.807) is 7.11 Å². The van der Waals surface area contributed by atoms with Gasteiger partial charge in [-0.2, -0.15) is 0 Å². The molecule has 1 heterocycles. The fraction of sp³-hybridized carbons (Fsp3) is 1.00. The molecule has 1 aliphatic rings. The van der Waals surface area contributed by atoms with Crippen molar-refractivity contribution in [1.29, 1.82) is 0 Å². The maximum atomic E-state index is 5.04. The second-order valence-electron chi connectivity index (χ2n) is 4.07. The minimum atomic E-state index is 0.631. The van der Waals surface area contributed by atoms with Crippen molar-refractivity contribution in [3.63, 3.8) is 0 Å². The van der Waals surface area contributed by atoms with E-state index in [9.17, 15) is 0 Å². The summed E-state index contributed by atoms with van der Waals surface area (Å²) in [7, 11) is 1.77. The Kier molecular flexibility index (Phi) is 4.70. The molecule has 0 aromatic rings. The summed E-state index contributed by atoms with van der Waals surface area (Å²) in [4.78, 5) is 2.52. The normalized spacial score (nSPS) is 30.7.